The second kappa shape index (κ2) is 25.3. The van der Waals surface area contributed by atoms with Crippen molar-refractivity contribution in [2.45, 2.75) is 24.4 Å². The molecule has 0 heterocycles. The maximum Gasteiger partial charge on any atom is 0.195 e. The molecule has 64 heavy (non-hydrogen) atoms. The van der Waals surface area contributed by atoms with Crippen molar-refractivity contribution in [2.75, 3.05) is 0 Å². The third-order valence-corrected chi connectivity index (χ3v) is 9.69. The van der Waals surface area contributed by atoms with Gasteiger partial charge in [-0.05, 0) is 22.3 Å². The van der Waals surface area contributed by atoms with Crippen molar-refractivity contribution >= 4 is 23.1 Å². The van der Waals surface area contributed by atoms with E-state index in [9.17, 15) is 39.6 Å². The Labute approximate surface area is 373 Å². The van der Waals surface area contributed by atoms with Gasteiger partial charge in [-0.2, -0.15) is 0 Å². The fourth-order valence-electron chi connectivity index (χ4n) is 6.19. The summed E-state index contributed by atoms with van der Waals surface area (Å²) in [6.07, 6.45) is -4.32. The second-order valence-corrected chi connectivity index (χ2v) is 14.2. The molecule has 0 aliphatic heterocycles. The zero-order chi connectivity index (χ0) is 45.5. The third kappa shape index (κ3) is 14.2. The Balaban J connectivity index is 0.000000161. The van der Waals surface area contributed by atoms with Crippen LogP contribution in [-0.2, 0) is 0 Å². The maximum atomic E-state index is 11.9. The Hall–Kier alpha value is -7.72. The summed E-state index contributed by atoms with van der Waals surface area (Å²) in [4.78, 5) is 47.6. The van der Waals surface area contributed by atoms with Gasteiger partial charge in [-0.3, -0.25) is 19.2 Å². The number of hydrogen-bond acceptors (Lipinski definition) is 8. The van der Waals surface area contributed by atoms with Crippen molar-refractivity contribution in [3.63, 3.8) is 0 Å². The van der Waals surface area contributed by atoms with Crippen molar-refractivity contribution < 1.29 is 39.6 Å². The van der Waals surface area contributed by atoms with Crippen LogP contribution in [-0.4, -0.2) is 43.6 Å². The number of hydrogen-bond donors (Lipinski definition) is 4. The van der Waals surface area contributed by atoms with Gasteiger partial charge in [0.25, 0.3) is 0 Å². The monoisotopic (exact) mass is 848 g/mol. The van der Waals surface area contributed by atoms with Crippen LogP contribution in [0.25, 0.3) is 0 Å². The molecule has 0 saturated heterocycles. The molecule has 0 aliphatic carbocycles. The predicted molar refractivity (Wildman–Crippen MR) is 249 cm³/mol. The van der Waals surface area contributed by atoms with Gasteiger partial charge in [0.1, 0.15) is 24.4 Å². The van der Waals surface area contributed by atoms with Crippen LogP contribution < -0.4 is 0 Å². The lowest BCUT2D eigenvalue weighted by atomic mass is 10.0. The van der Waals surface area contributed by atoms with Crippen LogP contribution >= 0.6 is 0 Å². The van der Waals surface area contributed by atoms with Gasteiger partial charge in [0.2, 0.25) is 0 Å². The first-order chi connectivity index (χ1) is 31.2. The van der Waals surface area contributed by atoms with E-state index in [1.54, 1.807) is 194 Å². The molecule has 0 spiro atoms. The minimum absolute atomic E-state index is 0.271. The van der Waals surface area contributed by atoms with Gasteiger partial charge in [-0.25, -0.2) is 0 Å². The van der Waals surface area contributed by atoms with Gasteiger partial charge in [0.15, 0.2) is 23.1 Å². The number of aliphatic hydroxyl groups is 4. The van der Waals surface area contributed by atoms with E-state index in [-0.39, 0.29) is 23.1 Å². The summed E-state index contributed by atoms with van der Waals surface area (Å²) in [6.45, 7) is 0. The zero-order valence-corrected chi connectivity index (χ0v) is 34.8. The lowest BCUT2D eigenvalue weighted by Gasteiger charge is -2.09. The molecule has 8 aromatic rings. The molecule has 8 heteroatoms. The normalized spacial score (nSPS) is 12.1. The molecule has 320 valence electrons. The largest absolute Gasteiger partial charge is 0.380 e. The van der Waals surface area contributed by atoms with Crippen molar-refractivity contribution in [2.24, 2.45) is 0 Å². The lowest BCUT2D eigenvalue weighted by molar-refractivity contribution is 0.0743. The smallest absolute Gasteiger partial charge is 0.195 e. The highest BCUT2D eigenvalue weighted by molar-refractivity contribution is 6.01. The molecule has 0 aliphatic rings. The summed E-state index contributed by atoms with van der Waals surface area (Å²) in [5.41, 5.74) is 4.59. The molecular formula is C56H48O8. The SMILES string of the molecule is O=C(c1ccccc1)C(O)c1ccccc1.O=C(c1ccccc1)C(O)c1ccccc1.O=C(c1ccccc1)C(O)c1ccccc1.O=C(c1ccccc1)C(O)c1ccccc1. The van der Waals surface area contributed by atoms with Gasteiger partial charge in [0.05, 0.1) is 0 Å². The molecule has 0 bridgehead atoms. The summed E-state index contributed by atoms with van der Waals surface area (Å²) in [5, 5.41) is 39.6. The van der Waals surface area contributed by atoms with E-state index in [0.29, 0.717) is 44.5 Å². The van der Waals surface area contributed by atoms with E-state index in [1.807, 2.05) is 48.5 Å². The fraction of sp³-hybridized carbons (Fsp3) is 0.0714. The maximum absolute atomic E-state index is 11.9. The molecule has 0 saturated carbocycles. The van der Waals surface area contributed by atoms with Crippen LogP contribution in [0.15, 0.2) is 243 Å². The van der Waals surface area contributed by atoms with Crippen LogP contribution in [0.4, 0.5) is 0 Å². The fourth-order valence-corrected chi connectivity index (χ4v) is 6.19. The molecule has 0 radical (unpaired) electrons. The van der Waals surface area contributed by atoms with Crippen LogP contribution in [0.1, 0.15) is 88.1 Å². The van der Waals surface area contributed by atoms with Gasteiger partial charge in [0, 0.05) is 22.3 Å². The number of aliphatic hydroxyl groups excluding tert-OH is 4. The van der Waals surface area contributed by atoms with Crippen molar-refractivity contribution in [1.29, 1.82) is 0 Å². The second-order valence-electron chi connectivity index (χ2n) is 14.2. The highest BCUT2D eigenvalue weighted by atomic mass is 16.3. The van der Waals surface area contributed by atoms with Crippen LogP contribution in [0.3, 0.4) is 0 Å². The summed E-state index contributed by atoms with van der Waals surface area (Å²) >= 11 is 0. The molecule has 0 amide bonds. The number of Topliss-reactive ketones (excluding diaryl/α,β-unsaturated/α-hetero) is 4. The standard InChI is InChI=1S/4C14H12O2/c4*15-13(11-7-3-1-4-8-11)14(16)12-9-5-2-6-10-12/h4*1-10,13,15H. The highest BCUT2D eigenvalue weighted by Crippen LogP contribution is 2.21. The van der Waals surface area contributed by atoms with E-state index in [0.717, 1.165) is 0 Å². The molecular weight excluding hydrogens is 801 g/mol. The molecule has 8 rings (SSSR count). The molecule has 8 nitrogen and oxygen atoms in total. The molecule has 0 aromatic heterocycles. The van der Waals surface area contributed by atoms with E-state index in [4.69, 9.17) is 0 Å². The first kappa shape index (κ1) is 47.3. The average Bonchev–Trinajstić information content (AvgIpc) is 3.39. The van der Waals surface area contributed by atoms with Crippen LogP contribution in [0, 0.1) is 0 Å². The zero-order valence-electron chi connectivity index (χ0n) is 34.8. The molecule has 0 fully saturated rings. The molecule has 4 atom stereocenters. The van der Waals surface area contributed by atoms with E-state index in [1.165, 1.54) is 0 Å². The van der Waals surface area contributed by atoms with Gasteiger partial charge >= 0.3 is 0 Å². The molecule has 4 N–H and O–H groups in total. The summed E-state index contributed by atoms with van der Waals surface area (Å²) in [6, 6.07) is 71.0. The van der Waals surface area contributed by atoms with Gasteiger partial charge in [-0.1, -0.05) is 243 Å². The number of ketones is 4. The Kier molecular flexibility index (Phi) is 18.7. The van der Waals surface area contributed by atoms with E-state index >= 15 is 0 Å². The lowest BCUT2D eigenvalue weighted by Crippen LogP contribution is -2.11. The van der Waals surface area contributed by atoms with Gasteiger partial charge < -0.3 is 20.4 Å². The quantitative estimate of drug-likeness (QED) is 0.0888. The predicted octanol–water partition coefficient (Wildman–Crippen LogP) is 10.4. The van der Waals surface area contributed by atoms with E-state index in [2.05, 4.69) is 0 Å². The van der Waals surface area contributed by atoms with Crippen molar-refractivity contribution in [3.05, 3.63) is 287 Å². The number of rotatable bonds is 12. The minimum atomic E-state index is -1.08. The highest BCUT2D eigenvalue weighted by Gasteiger charge is 2.21. The van der Waals surface area contributed by atoms with Crippen LogP contribution in [0.5, 0.6) is 0 Å². The summed E-state index contributed by atoms with van der Waals surface area (Å²) < 4.78 is 0. The number of carbonyl (C=O) groups excluding carboxylic acids is 4. The molecule has 4 unspecified atom stereocenters. The van der Waals surface area contributed by atoms with E-state index < -0.39 is 24.4 Å². The summed E-state index contributed by atoms with van der Waals surface area (Å²) in [5.74, 6) is -1.09. The van der Waals surface area contributed by atoms with Crippen molar-refractivity contribution in [3.8, 4) is 0 Å². The Bertz CT molecular complexity index is 2220. The summed E-state index contributed by atoms with van der Waals surface area (Å²) in [7, 11) is 0. The first-order valence-corrected chi connectivity index (χ1v) is 20.4. The number of benzene rings is 8. The van der Waals surface area contributed by atoms with Crippen molar-refractivity contribution in [1.82, 2.24) is 0 Å². The first-order valence-electron chi connectivity index (χ1n) is 20.4. The average molecular weight is 849 g/mol. The minimum Gasteiger partial charge on any atom is -0.380 e. The van der Waals surface area contributed by atoms with Gasteiger partial charge in [-0.15, -0.1) is 0 Å². The Morgan fingerprint density at radius 2 is 0.344 bits per heavy atom. The molecule has 8 aromatic carbocycles. The Morgan fingerprint density at radius 3 is 0.484 bits per heavy atom. The topological polar surface area (TPSA) is 149 Å². The Morgan fingerprint density at radius 1 is 0.219 bits per heavy atom. The number of carbonyl (C=O) groups is 4. The van der Waals surface area contributed by atoms with Crippen LogP contribution in [0.2, 0.25) is 0 Å². The third-order valence-electron chi connectivity index (χ3n) is 9.69.